The number of primary amides is 1. The topological polar surface area (TPSA) is 46.3 Å². The molecule has 1 amide bonds. The molecule has 0 unspecified atom stereocenters. The number of hydrogen-bond donors (Lipinski definition) is 1. The molecule has 1 fully saturated rings. The van der Waals surface area contributed by atoms with Crippen LogP contribution in [0.3, 0.4) is 0 Å². The molecule has 2 aromatic carbocycles. The van der Waals surface area contributed by atoms with Gasteiger partial charge in [-0.25, -0.2) is 0 Å². The second kappa shape index (κ2) is 6.00. The van der Waals surface area contributed by atoms with Crippen molar-refractivity contribution in [2.45, 2.75) is 18.8 Å². The van der Waals surface area contributed by atoms with Crippen LogP contribution in [0.15, 0.2) is 54.6 Å². The highest BCUT2D eigenvalue weighted by atomic mass is 16.1. The molecular weight excluding hydrogens is 260 g/mol. The Hall–Kier alpha value is -2.29. The highest BCUT2D eigenvalue weighted by molar-refractivity contribution is 5.94. The highest BCUT2D eigenvalue weighted by Gasteiger charge is 2.23. The van der Waals surface area contributed by atoms with Gasteiger partial charge in [0, 0.05) is 24.3 Å². The Kier molecular flexibility index (Phi) is 3.91. The van der Waals surface area contributed by atoms with Gasteiger partial charge in [-0.3, -0.25) is 4.79 Å². The molecule has 0 spiro atoms. The standard InChI is InChI=1S/C18H20N2O/c19-18(21)17-9-5-4-8-16(17)14-10-12-20(13-11-14)15-6-2-1-3-7-15/h1-9,14H,10-13H2,(H2,19,21). The van der Waals surface area contributed by atoms with Crippen LogP contribution in [0.2, 0.25) is 0 Å². The molecule has 3 heteroatoms. The molecule has 2 aromatic rings. The van der Waals surface area contributed by atoms with Gasteiger partial charge in [-0.2, -0.15) is 0 Å². The average Bonchev–Trinajstić information content (AvgIpc) is 2.56. The third kappa shape index (κ3) is 2.92. The van der Waals surface area contributed by atoms with E-state index in [4.69, 9.17) is 5.73 Å². The van der Waals surface area contributed by atoms with Gasteiger partial charge < -0.3 is 10.6 Å². The molecule has 0 radical (unpaired) electrons. The molecule has 1 aliphatic heterocycles. The summed E-state index contributed by atoms with van der Waals surface area (Å²) in [5, 5.41) is 0. The molecule has 108 valence electrons. The zero-order chi connectivity index (χ0) is 14.7. The van der Waals surface area contributed by atoms with E-state index in [1.165, 1.54) is 5.69 Å². The van der Waals surface area contributed by atoms with Crippen molar-refractivity contribution >= 4 is 11.6 Å². The Bertz CT molecular complexity index is 616. The number of benzene rings is 2. The largest absolute Gasteiger partial charge is 0.371 e. The first kappa shape index (κ1) is 13.7. The third-order valence-electron chi connectivity index (χ3n) is 4.28. The maximum absolute atomic E-state index is 11.6. The first-order chi connectivity index (χ1) is 10.3. The fourth-order valence-electron chi connectivity index (χ4n) is 3.16. The van der Waals surface area contributed by atoms with E-state index in [0.717, 1.165) is 31.5 Å². The predicted molar refractivity (Wildman–Crippen MR) is 85.6 cm³/mol. The fraction of sp³-hybridized carbons (Fsp3) is 0.278. The second-order valence-electron chi connectivity index (χ2n) is 5.55. The van der Waals surface area contributed by atoms with Crippen molar-refractivity contribution < 1.29 is 4.79 Å². The van der Waals surface area contributed by atoms with Crippen molar-refractivity contribution in [3.05, 3.63) is 65.7 Å². The summed E-state index contributed by atoms with van der Waals surface area (Å²) in [7, 11) is 0. The first-order valence-electron chi connectivity index (χ1n) is 7.44. The zero-order valence-electron chi connectivity index (χ0n) is 12.0. The van der Waals surface area contributed by atoms with E-state index >= 15 is 0 Å². The molecule has 0 aromatic heterocycles. The van der Waals surface area contributed by atoms with Gasteiger partial charge in [0.2, 0.25) is 5.91 Å². The van der Waals surface area contributed by atoms with Gasteiger partial charge in [-0.15, -0.1) is 0 Å². The molecular formula is C18H20N2O. The van der Waals surface area contributed by atoms with Crippen LogP contribution < -0.4 is 10.6 Å². The molecule has 2 N–H and O–H groups in total. The van der Waals surface area contributed by atoms with E-state index in [1.807, 2.05) is 30.3 Å². The molecule has 0 atom stereocenters. The lowest BCUT2D eigenvalue weighted by Gasteiger charge is -2.34. The molecule has 1 saturated heterocycles. The molecule has 3 nitrogen and oxygen atoms in total. The summed E-state index contributed by atoms with van der Waals surface area (Å²) < 4.78 is 0. The normalized spacial score (nSPS) is 15.9. The summed E-state index contributed by atoms with van der Waals surface area (Å²) in [5.74, 6) is 0.102. The molecule has 0 saturated carbocycles. The smallest absolute Gasteiger partial charge is 0.248 e. The van der Waals surface area contributed by atoms with Gasteiger partial charge >= 0.3 is 0 Å². The van der Waals surface area contributed by atoms with Gasteiger partial charge in [0.1, 0.15) is 0 Å². The molecule has 3 rings (SSSR count). The van der Waals surface area contributed by atoms with E-state index in [0.29, 0.717) is 11.5 Å². The zero-order valence-corrected chi connectivity index (χ0v) is 12.0. The molecule has 0 aliphatic carbocycles. The van der Waals surface area contributed by atoms with E-state index in [1.54, 1.807) is 0 Å². The third-order valence-corrected chi connectivity index (χ3v) is 4.28. The van der Waals surface area contributed by atoms with Crippen molar-refractivity contribution in [2.24, 2.45) is 5.73 Å². The minimum Gasteiger partial charge on any atom is -0.371 e. The molecule has 1 heterocycles. The Balaban J connectivity index is 1.73. The summed E-state index contributed by atoms with van der Waals surface area (Å²) >= 11 is 0. The average molecular weight is 280 g/mol. The van der Waals surface area contributed by atoms with E-state index in [2.05, 4.69) is 29.2 Å². The van der Waals surface area contributed by atoms with E-state index < -0.39 is 0 Å². The number of rotatable bonds is 3. The number of nitrogens with two attached hydrogens (primary N) is 1. The van der Waals surface area contributed by atoms with Crippen LogP contribution in [0.5, 0.6) is 0 Å². The second-order valence-corrected chi connectivity index (χ2v) is 5.55. The lowest BCUT2D eigenvalue weighted by atomic mass is 9.86. The lowest BCUT2D eigenvalue weighted by molar-refractivity contribution is 0.0998. The van der Waals surface area contributed by atoms with Gasteiger partial charge in [0.25, 0.3) is 0 Å². The molecule has 1 aliphatic rings. The van der Waals surface area contributed by atoms with Crippen LogP contribution in [0.4, 0.5) is 5.69 Å². The predicted octanol–water partition coefficient (Wildman–Crippen LogP) is 3.17. The van der Waals surface area contributed by atoms with E-state index in [-0.39, 0.29) is 5.91 Å². The van der Waals surface area contributed by atoms with Crippen LogP contribution in [-0.4, -0.2) is 19.0 Å². The Labute approximate surface area is 125 Å². The summed E-state index contributed by atoms with van der Waals surface area (Å²) in [4.78, 5) is 14.0. The lowest BCUT2D eigenvalue weighted by Crippen LogP contribution is -2.33. The number of amides is 1. The number of para-hydroxylation sites is 1. The van der Waals surface area contributed by atoms with Crippen molar-refractivity contribution in [2.75, 3.05) is 18.0 Å². The van der Waals surface area contributed by atoms with Crippen LogP contribution in [0.1, 0.15) is 34.7 Å². The maximum atomic E-state index is 11.6. The monoisotopic (exact) mass is 280 g/mol. The highest BCUT2D eigenvalue weighted by Crippen LogP contribution is 2.32. The molecule has 0 bridgehead atoms. The maximum Gasteiger partial charge on any atom is 0.248 e. The Morgan fingerprint density at radius 1 is 0.952 bits per heavy atom. The van der Waals surface area contributed by atoms with Gasteiger partial charge in [0.05, 0.1) is 0 Å². The number of hydrogen-bond acceptors (Lipinski definition) is 2. The van der Waals surface area contributed by atoms with Crippen LogP contribution in [0.25, 0.3) is 0 Å². The number of piperidine rings is 1. The Morgan fingerprint density at radius 3 is 2.24 bits per heavy atom. The fourth-order valence-corrected chi connectivity index (χ4v) is 3.16. The van der Waals surface area contributed by atoms with Crippen LogP contribution in [-0.2, 0) is 0 Å². The number of carbonyl (C=O) groups excluding carboxylic acids is 1. The van der Waals surface area contributed by atoms with Crippen molar-refractivity contribution in [3.8, 4) is 0 Å². The van der Waals surface area contributed by atoms with Crippen molar-refractivity contribution in [1.29, 1.82) is 0 Å². The minimum absolute atomic E-state index is 0.323. The van der Waals surface area contributed by atoms with Gasteiger partial charge in [-0.05, 0) is 42.5 Å². The van der Waals surface area contributed by atoms with Crippen LogP contribution >= 0.6 is 0 Å². The number of carbonyl (C=O) groups is 1. The van der Waals surface area contributed by atoms with Crippen molar-refractivity contribution in [1.82, 2.24) is 0 Å². The molecule has 21 heavy (non-hydrogen) atoms. The summed E-state index contributed by atoms with van der Waals surface area (Å²) in [6.45, 7) is 2.03. The SMILES string of the molecule is NC(=O)c1ccccc1C1CCN(c2ccccc2)CC1. The number of nitrogens with zero attached hydrogens (tertiary/aromatic N) is 1. The summed E-state index contributed by atoms with van der Waals surface area (Å²) in [6, 6.07) is 18.2. The first-order valence-corrected chi connectivity index (χ1v) is 7.44. The van der Waals surface area contributed by atoms with Crippen molar-refractivity contribution in [3.63, 3.8) is 0 Å². The van der Waals surface area contributed by atoms with Gasteiger partial charge in [-0.1, -0.05) is 36.4 Å². The van der Waals surface area contributed by atoms with Gasteiger partial charge in [0.15, 0.2) is 0 Å². The minimum atomic E-state index is -0.323. The van der Waals surface area contributed by atoms with Crippen LogP contribution in [0, 0.1) is 0 Å². The summed E-state index contributed by atoms with van der Waals surface area (Å²) in [5.41, 5.74) is 8.55. The number of anilines is 1. The summed E-state index contributed by atoms with van der Waals surface area (Å²) in [6.07, 6.45) is 2.11. The Morgan fingerprint density at radius 2 is 1.57 bits per heavy atom. The van der Waals surface area contributed by atoms with E-state index in [9.17, 15) is 4.79 Å². The quantitative estimate of drug-likeness (QED) is 0.938.